The highest BCUT2D eigenvalue weighted by Gasteiger charge is 2.29. The van der Waals surface area contributed by atoms with E-state index in [2.05, 4.69) is 15.5 Å². The fraction of sp³-hybridized carbons (Fsp3) is 0.652. The van der Waals surface area contributed by atoms with Crippen molar-refractivity contribution < 1.29 is 19.4 Å². The second-order valence-corrected chi connectivity index (χ2v) is 8.76. The molecule has 0 spiro atoms. The molecule has 0 bridgehead atoms. The van der Waals surface area contributed by atoms with E-state index in [0.717, 1.165) is 25.4 Å². The average molecular weight is 433 g/mol. The molecule has 0 aromatic heterocycles. The molecule has 1 aromatic rings. The number of benzene rings is 1. The van der Waals surface area contributed by atoms with Gasteiger partial charge in [-0.05, 0) is 76.9 Å². The van der Waals surface area contributed by atoms with Gasteiger partial charge in [-0.25, -0.2) is 4.79 Å². The van der Waals surface area contributed by atoms with Crippen molar-refractivity contribution in [2.75, 3.05) is 39.3 Å². The van der Waals surface area contributed by atoms with Gasteiger partial charge in [-0.3, -0.25) is 9.69 Å². The summed E-state index contributed by atoms with van der Waals surface area (Å²) in [6.07, 6.45) is 3.08. The molecule has 2 aliphatic heterocycles. The number of urea groups is 1. The summed E-state index contributed by atoms with van der Waals surface area (Å²) in [5, 5.41) is 16.2. The van der Waals surface area contributed by atoms with Crippen molar-refractivity contribution in [3.63, 3.8) is 0 Å². The fourth-order valence-electron chi connectivity index (χ4n) is 4.06. The number of amides is 3. The molecule has 3 rings (SSSR count). The van der Waals surface area contributed by atoms with E-state index in [0.29, 0.717) is 31.6 Å². The third kappa shape index (κ3) is 7.11. The van der Waals surface area contributed by atoms with Crippen LogP contribution in [0.2, 0.25) is 0 Å². The van der Waals surface area contributed by atoms with Crippen LogP contribution in [0.25, 0.3) is 0 Å². The van der Waals surface area contributed by atoms with E-state index in [1.807, 2.05) is 13.8 Å². The van der Waals surface area contributed by atoms with E-state index in [9.17, 15) is 14.7 Å². The Kier molecular flexibility index (Phi) is 8.54. The predicted octanol–water partition coefficient (Wildman–Crippen LogP) is 1.83. The highest BCUT2D eigenvalue weighted by Crippen LogP contribution is 2.16. The summed E-state index contributed by atoms with van der Waals surface area (Å²) in [5.74, 6) is 0.473. The van der Waals surface area contributed by atoms with Gasteiger partial charge < -0.3 is 25.4 Å². The van der Waals surface area contributed by atoms with Gasteiger partial charge in [0.1, 0.15) is 12.4 Å². The van der Waals surface area contributed by atoms with Crippen molar-refractivity contribution in [3.8, 4) is 5.75 Å². The molecule has 2 fully saturated rings. The molecule has 1 aromatic carbocycles. The molecule has 172 valence electrons. The van der Waals surface area contributed by atoms with Crippen LogP contribution in [0.15, 0.2) is 24.3 Å². The molecule has 2 unspecified atom stereocenters. The van der Waals surface area contributed by atoms with Crippen molar-refractivity contribution in [1.82, 2.24) is 20.4 Å². The number of carbonyl (C=O) groups excluding carboxylic acids is 2. The van der Waals surface area contributed by atoms with E-state index < -0.39 is 12.1 Å². The third-order valence-electron chi connectivity index (χ3n) is 5.82. The van der Waals surface area contributed by atoms with E-state index in [4.69, 9.17) is 4.74 Å². The summed E-state index contributed by atoms with van der Waals surface area (Å²) >= 11 is 0. The highest BCUT2D eigenvalue weighted by molar-refractivity contribution is 5.94. The van der Waals surface area contributed by atoms with Crippen LogP contribution < -0.4 is 15.4 Å². The Bertz CT molecular complexity index is 719. The molecule has 0 saturated carbocycles. The number of carbonyl (C=O) groups is 2. The normalized spacial score (nSPS) is 22.3. The van der Waals surface area contributed by atoms with Gasteiger partial charge in [-0.15, -0.1) is 0 Å². The second-order valence-electron chi connectivity index (χ2n) is 8.76. The summed E-state index contributed by atoms with van der Waals surface area (Å²) in [6.45, 7) is 8.50. The monoisotopic (exact) mass is 432 g/mol. The minimum absolute atomic E-state index is 0.0322. The van der Waals surface area contributed by atoms with Crippen molar-refractivity contribution >= 4 is 11.9 Å². The first-order valence-electron chi connectivity index (χ1n) is 11.4. The van der Waals surface area contributed by atoms with Crippen molar-refractivity contribution in [2.45, 2.75) is 57.7 Å². The molecular formula is C23H36N4O4. The maximum absolute atomic E-state index is 12.7. The number of aliphatic hydroxyl groups is 1. The second kappa shape index (κ2) is 11.3. The van der Waals surface area contributed by atoms with Crippen LogP contribution in [-0.2, 0) is 0 Å². The van der Waals surface area contributed by atoms with E-state index in [1.165, 1.54) is 12.8 Å². The zero-order valence-corrected chi connectivity index (χ0v) is 18.7. The van der Waals surface area contributed by atoms with Gasteiger partial charge in [0.2, 0.25) is 0 Å². The van der Waals surface area contributed by atoms with Gasteiger partial charge in [0, 0.05) is 31.2 Å². The number of nitrogens with zero attached hydrogens (tertiary/aromatic N) is 2. The Morgan fingerprint density at radius 2 is 1.84 bits per heavy atom. The van der Waals surface area contributed by atoms with Gasteiger partial charge in [-0.1, -0.05) is 0 Å². The lowest BCUT2D eigenvalue weighted by Crippen LogP contribution is -2.52. The van der Waals surface area contributed by atoms with Crippen molar-refractivity contribution in [1.29, 1.82) is 0 Å². The average Bonchev–Trinajstić information content (AvgIpc) is 3.18. The van der Waals surface area contributed by atoms with E-state index in [1.54, 1.807) is 29.2 Å². The van der Waals surface area contributed by atoms with E-state index >= 15 is 0 Å². The van der Waals surface area contributed by atoms with Gasteiger partial charge in [0.25, 0.3) is 5.91 Å². The molecule has 31 heavy (non-hydrogen) atoms. The summed E-state index contributed by atoms with van der Waals surface area (Å²) in [7, 11) is 0. The number of rotatable bonds is 7. The first-order valence-corrected chi connectivity index (χ1v) is 11.4. The summed E-state index contributed by atoms with van der Waals surface area (Å²) < 4.78 is 5.79. The predicted molar refractivity (Wildman–Crippen MR) is 119 cm³/mol. The Labute approximate surface area is 184 Å². The number of likely N-dealkylation sites (tertiary alicyclic amines) is 2. The molecule has 8 heteroatoms. The highest BCUT2D eigenvalue weighted by atomic mass is 16.5. The van der Waals surface area contributed by atoms with Crippen LogP contribution in [0.5, 0.6) is 5.75 Å². The number of aliphatic hydroxyl groups excluding tert-OH is 1. The first-order chi connectivity index (χ1) is 14.9. The molecule has 0 radical (unpaired) electrons. The number of nitrogens with one attached hydrogen (secondary N) is 2. The number of ether oxygens (including phenoxy) is 1. The fourth-order valence-corrected chi connectivity index (χ4v) is 4.06. The van der Waals surface area contributed by atoms with Crippen LogP contribution in [-0.4, -0.2) is 84.4 Å². The summed E-state index contributed by atoms with van der Waals surface area (Å²) in [4.78, 5) is 29.2. The first kappa shape index (κ1) is 23.3. The lowest BCUT2D eigenvalue weighted by atomic mass is 10.1. The van der Waals surface area contributed by atoms with Crippen LogP contribution in [0.4, 0.5) is 4.79 Å². The molecule has 2 aliphatic rings. The smallest absolute Gasteiger partial charge is 0.317 e. The molecule has 2 heterocycles. The van der Waals surface area contributed by atoms with Crippen LogP contribution >= 0.6 is 0 Å². The van der Waals surface area contributed by atoms with Crippen LogP contribution in [0.1, 0.15) is 49.9 Å². The maximum Gasteiger partial charge on any atom is 0.317 e. The lowest BCUT2D eigenvalue weighted by Gasteiger charge is -2.28. The van der Waals surface area contributed by atoms with Gasteiger partial charge in [0.05, 0.1) is 12.1 Å². The quantitative estimate of drug-likeness (QED) is 0.611. The largest absolute Gasteiger partial charge is 0.492 e. The van der Waals surface area contributed by atoms with E-state index in [-0.39, 0.29) is 24.5 Å². The lowest BCUT2D eigenvalue weighted by molar-refractivity contribution is 0.0808. The molecule has 8 nitrogen and oxygen atoms in total. The molecule has 2 saturated heterocycles. The SMILES string of the molecule is CC(C)NC(=O)N1CCCC(O)C(NC(=O)c2ccc(OCCN3CCCC3)cc2)C1. The number of hydrogen-bond acceptors (Lipinski definition) is 5. The van der Waals surface area contributed by atoms with Crippen molar-refractivity contribution in [2.24, 2.45) is 0 Å². The standard InChI is InChI=1S/C23H36N4O4/c1-17(2)24-23(30)27-13-5-6-21(28)20(16-27)25-22(29)18-7-9-19(10-8-18)31-15-14-26-11-3-4-12-26/h7-10,17,20-21,28H,3-6,11-16H2,1-2H3,(H,24,30)(H,25,29). The Hall–Kier alpha value is -2.32. The minimum Gasteiger partial charge on any atom is -0.492 e. The van der Waals surface area contributed by atoms with Crippen LogP contribution in [0, 0.1) is 0 Å². The number of hydrogen-bond donors (Lipinski definition) is 3. The summed E-state index contributed by atoms with van der Waals surface area (Å²) in [5.41, 5.74) is 0.501. The third-order valence-corrected chi connectivity index (χ3v) is 5.82. The molecular weight excluding hydrogens is 396 g/mol. The Balaban J connectivity index is 1.51. The molecule has 2 atom stereocenters. The zero-order chi connectivity index (χ0) is 22.2. The molecule has 0 aliphatic carbocycles. The zero-order valence-electron chi connectivity index (χ0n) is 18.7. The molecule has 3 N–H and O–H groups in total. The topological polar surface area (TPSA) is 94.1 Å². The Morgan fingerprint density at radius 1 is 1.13 bits per heavy atom. The van der Waals surface area contributed by atoms with Crippen molar-refractivity contribution in [3.05, 3.63) is 29.8 Å². The van der Waals surface area contributed by atoms with Gasteiger partial charge in [-0.2, -0.15) is 0 Å². The summed E-state index contributed by atoms with van der Waals surface area (Å²) in [6, 6.07) is 6.41. The van der Waals surface area contributed by atoms with Gasteiger partial charge >= 0.3 is 6.03 Å². The van der Waals surface area contributed by atoms with Crippen LogP contribution in [0.3, 0.4) is 0 Å². The maximum atomic E-state index is 12.7. The minimum atomic E-state index is -0.686. The van der Waals surface area contributed by atoms with Gasteiger partial charge in [0.15, 0.2) is 0 Å². The Morgan fingerprint density at radius 3 is 2.52 bits per heavy atom. The molecule has 3 amide bonds.